The summed E-state index contributed by atoms with van der Waals surface area (Å²) in [5.74, 6) is 0. The third-order valence-electron chi connectivity index (χ3n) is 4.22. The highest BCUT2D eigenvalue weighted by Gasteiger charge is 2.31. The summed E-state index contributed by atoms with van der Waals surface area (Å²) in [5, 5.41) is 1.43. The molecular weight excluding hydrogens is 279 g/mol. The van der Waals surface area contributed by atoms with Crippen LogP contribution in [0.1, 0.15) is 44.7 Å². The number of rotatable bonds is 3. The van der Waals surface area contributed by atoms with Gasteiger partial charge < -0.3 is 5.73 Å². The minimum Gasteiger partial charge on any atom is -0.329 e. The predicted octanol–water partition coefficient (Wildman–Crippen LogP) is 4.26. The minimum atomic E-state index is 0.272. The maximum atomic E-state index is 6.34. The largest absolute Gasteiger partial charge is 0.329 e. The fourth-order valence-electron chi connectivity index (χ4n) is 3.25. The van der Waals surface area contributed by atoms with Crippen molar-refractivity contribution >= 4 is 23.2 Å². The lowest BCUT2D eigenvalue weighted by molar-refractivity contribution is 0.0571. The molecule has 0 aliphatic carbocycles. The Morgan fingerprint density at radius 2 is 2.11 bits per heavy atom. The summed E-state index contributed by atoms with van der Waals surface area (Å²) >= 11 is 12.3. The number of nitrogens with two attached hydrogens (primary N) is 1. The summed E-state index contributed by atoms with van der Waals surface area (Å²) in [7, 11) is 0. The fraction of sp³-hybridized carbons (Fsp3) is 0.600. The van der Waals surface area contributed by atoms with Crippen molar-refractivity contribution in [1.82, 2.24) is 4.90 Å². The highest BCUT2D eigenvalue weighted by atomic mass is 35.5. The lowest BCUT2D eigenvalue weighted by atomic mass is 9.92. The van der Waals surface area contributed by atoms with Crippen LogP contribution in [0.5, 0.6) is 0 Å². The molecular formula is C15H22Cl2N2. The summed E-state index contributed by atoms with van der Waals surface area (Å²) in [4.78, 5) is 2.51. The van der Waals surface area contributed by atoms with E-state index in [1.54, 1.807) is 0 Å². The first-order valence-corrected chi connectivity index (χ1v) is 7.72. The third-order valence-corrected chi connectivity index (χ3v) is 4.78. The van der Waals surface area contributed by atoms with Gasteiger partial charge in [0.1, 0.15) is 0 Å². The van der Waals surface area contributed by atoms with Crippen molar-refractivity contribution in [2.24, 2.45) is 5.73 Å². The van der Waals surface area contributed by atoms with Gasteiger partial charge in [-0.05, 0) is 44.4 Å². The Morgan fingerprint density at radius 1 is 1.37 bits per heavy atom. The molecule has 1 heterocycles. The zero-order chi connectivity index (χ0) is 14.0. The molecule has 3 unspecified atom stereocenters. The number of piperidine rings is 1. The molecule has 106 valence electrons. The molecule has 2 rings (SSSR count). The van der Waals surface area contributed by atoms with Crippen molar-refractivity contribution < 1.29 is 0 Å². The second kappa shape index (κ2) is 6.45. The van der Waals surface area contributed by atoms with Gasteiger partial charge in [-0.15, -0.1) is 0 Å². The Labute approximate surface area is 125 Å². The maximum absolute atomic E-state index is 6.34. The molecule has 2 N–H and O–H groups in total. The van der Waals surface area contributed by atoms with E-state index < -0.39 is 0 Å². The first-order valence-electron chi connectivity index (χ1n) is 6.97. The van der Waals surface area contributed by atoms with Gasteiger partial charge in [0.05, 0.1) is 0 Å². The molecule has 1 aliphatic heterocycles. The van der Waals surface area contributed by atoms with Gasteiger partial charge in [-0.3, -0.25) is 4.90 Å². The van der Waals surface area contributed by atoms with E-state index in [9.17, 15) is 0 Å². The molecule has 1 fully saturated rings. The van der Waals surface area contributed by atoms with Gasteiger partial charge in [0.2, 0.25) is 0 Å². The summed E-state index contributed by atoms with van der Waals surface area (Å²) in [6.07, 6.45) is 3.67. The number of hydrogen-bond acceptors (Lipinski definition) is 2. The van der Waals surface area contributed by atoms with Crippen LogP contribution in [0, 0.1) is 0 Å². The van der Waals surface area contributed by atoms with Crippen molar-refractivity contribution in [3.05, 3.63) is 33.8 Å². The molecule has 0 spiro atoms. The van der Waals surface area contributed by atoms with Crippen LogP contribution in [0.4, 0.5) is 0 Å². The van der Waals surface area contributed by atoms with Gasteiger partial charge in [0.25, 0.3) is 0 Å². The molecule has 2 nitrogen and oxygen atoms in total. The number of nitrogens with zero attached hydrogens (tertiary/aromatic N) is 1. The van der Waals surface area contributed by atoms with Crippen molar-refractivity contribution in [1.29, 1.82) is 0 Å². The van der Waals surface area contributed by atoms with Crippen LogP contribution < -0.4 is 5.73 Å². The average Bonchev–Trinajstić information content (AvgIpc) is 2.37. The Hall–Kier alpha value is -0.280. The number of halogens is 2. The van der Waals surface area contributed by atoms with E-state index in [2.05, 4.69) is 18.7 Å². The first kappa shape index (κ1) is 15.1. The molecule has 0 bridgehead atoms. The van der Waals surface area contributed by atoms with E-state index in [0.29, 0.717) is 23.7 Å². The smallest absolute Gasteiger partial charge is 0.0468 e. The second-order valence-electron chi connectivity index (χ2n) is 5.46. The van der Waals surface area contributed by atoms with Gasteiger partial charge in [0.15, 0.2) is 0 Å². The molecule has 0 saturated carbocycles. The van der Waals surface area contributed by atoms with E-state index in [1.807, 2.05) is 18.2 Å². The van der Waals surface area contributed by atoms with E-state index >= 15 is 0 Å². The Balaban J connectivity index is 2.27. The van der Waals surface area contributed by atoms with Gasteiger partial charge in [0, 0.05) is 34.7 Å². The van der Waals surface area contributed by atoms with Gasteiger partial charge >= 0.3 is 0 Å². The molecule has 1 aliphatic rings. The highest BCUT2D eigenvalue weighted by Crippen LogP contribution is 2.35. The van der Waals surface area contributed by atoms with Crippen LogP contribution in [0.3, 0.4) is 0 Å². The van der Waals surface area contributed by atoms with Crippen molar-refractivity contribution in [2.75, 3.05) is 6.54 Å². The molecule has 0 aromatic heterocycles. The summed E-state index contributed by atoms with van der Waals surface area (Å²) in [6, 6.07) is 7.03. The lowest BCUT2D eigenvalue weighted by Gasteiger charge is -2.44. The minimum absolute atomic E-state index is 0.272. The van der Waals surface area contributed by atoms with Gasteiger partial charge in [-0.1, -0.05) is 35.7 Å². The first-order chi connectivity index (χ1) is 9.04. The normalized spacial score (nSPS) is 26.4. The lowest BCUT2D eigenvalue weighted by Crippen LogP contribution is -2.49. The Morgan fingerprint density at radius 3 is 2.74 bits per heavy atom. The quantitative estimate of drug-likeness (QED) is 0.904. The van der Waals surface area contributed by atoms with Crippen LogP contribution >= 0.6 is 23.2 Å². The molecule has 0 amide bonds. The maximum Gasteiger partial charge on any atom is 0.0468 e. The Kier molecular flexibility index (Phi) is 5.13. The molecule has 1 aromatic rings. The molecule has 4 heteroatoms. The number of benzene rings is 1. The summed E-state index contributed by atoms with van der Waals surface area (Å²) < 4.78 is 0. The fourth-order valence-corrected chi connectivity index (χ4v) is 3.81. The predicted molar refractivity (Wildman–Crippen MR) is 82.9 cm³/mol. The third kappa shape index (κ3) is 3.25. The van der Waals surface area contributed by atoms with E-state index in [0.717, 1.165) is 10.6 Å². The summed E-state index contributed by atoms with van der Waals surface area (Å²) in [5.41, 5.74) is 7.08. The van der Waals surface area contributed by atoms with Crippen LogP contribution in [0.25, 0.3) is 0 Å². The highest BCUT2D eigenvalue weighted by molar-refractivity contribution is 6.35. The average molecular weight is 301 g/mol. The molecule has 19 heavy (non-hydrogen) atoms. The second-order valence-corrected chi connectivity index (χ2v) is 6.30. The van der Waals surface area contributed by atoms with E-state index in [1.165, 1.54) is 19.3 Å². The zero-order valence-electron chi connectivity index (χ0n) is 11.6. The van der Waals surface area contributed by atoms with Crippen LogP contribution in [0.2, 0.25) is 10.0 Å². The van der Waals surface area contributed by atoms with Crippen molar-refractivity contribution in [3.8, 4) is 0 Å². The van der Waals surface area contributed by atoms with Crippen molar-refractivity contribution in [2.45, 2.75) is 51.2 Å². The monoisotopic (exact) mass is 300 g/mol. The molecule has 0 radical (unpaired) electrons. The molecule has 1 saturated heterocycles. The SMILES string of the molecule is CC1CCCC(CN)N1C(C)c1ccc(Cl)cc1Cl. The zero-order valence-corrected chi connectivity index (χ0v) is 13.1. The van der Waals surface area contributed by atoms with E-state index in [4.69, 9.17) is 28.9 Å². The van der Waals surface area contributed by atoms with Crippen LogP contribution in [0.15, 0.2) is 18.2 Å². The van der Waals surface area contributed by atoms with Crippen LogP contribution in [-0.2, 0) is 0 Å². The van der Waals surface area contributed by atoms with Gasteiger partial charge in [-0.2, -0.15) is 0 Å². The Bertz CT molecular complexity index is 436. The topological polar surface area (TPSA) is 29.3 Å². The van der Waals surface area contributed by atoms with E-state index in [-0.39, 0.29) is 6.04 Å². The summed E-state index contributed by atoms with van der Waals surface area (Å²) in [6.45, 7) is 5.20. The molecule has 3 atom stereocenters. The number of likely N-dealkylation sites (tertiary alicyclic amines) is 1. The van der Waals surface area contributed by atoms with Crippen molar-refractivity contribution in [3.63, 3.8) is 0 Å². The van der Waals surface area contributed by atoms with Crippen LogP contribution in [-0.4, -0.2) is 23.5 Å². The number of hydrogen-bond donors (Lipinski definition) is 1. The standard InChI is InChI=1S/C15H22Cl2N2/c1-10-4-3-5-13(9-18)19(10)11(2)14-7-6-12(16)8-15(14)17/h6-8,10-11,13H,3-5,9,18H2,1-2H3. The van der Waals surface area contributed by atoms with Gasteiger partial charge in [-0.25, -0.2) is 0 Å². The molecule has 1 aromatic carbocycles.